The van der Waals surface area contributed by atoms with Gasteiger partial charge in [-0.1, -0.05) is 30.1 Å². The van der Waals surface area contributed by atoms with Gasteiger partial charge in [-0.3, -0.25) is 9.48 Å². The number of aromatic nitrogens is 2. The van der Waals surface area contributed by atoms with Gasteiger partial charge >= 0.3 is 0 Å². The Hall–Kier alpha value is -3.28. The van der Waals surface area contributed by atoms with Gasteiger partial charge in [-0.25, -0.2) is 0 Å². The highest BCUT2D eigenvalue weighted by Gasteiger charge is 2.21. The quantitative estimate of drug-likeness (QED) is 0.323. The van der Waals surface area contributed by atoms with Crippen LogP contribution in [0.5, 0.6) is 11.5 Å². The van der Waals surface area contributed by atoms with Crippen LogP contribution in [0.2, 0.25) is 10.0 Å². The highest BCUT2D eigenvalue weighted by Crippen LogP contribution is 2.34. The van der Waals surface area contributed by atoms with Gasteiger partial charge in [0, 0.05) is 22.3 Å². The first-order chi connectivity index (χ1) is 15.4. The second-order valence-corrected chi connectivity index (χ2v) is 8.15. The fraction of sp³-hybridized carbons (Fsp3) is 0.120. The molecule has 0 spiro atoms. The molecule has 1 aromatic heterocycles. The summed E-state index contributed by atoms with van der Waals surface area (Å²) in [5, 5.41) is 24.9. The predicted molar refractivity (Wildman–Crippen MR) is 127 cm³/mol. The summed E-state index contributed by atoms with van der Waals surface area (Å²) in [6.07, 6.45) is 0.674. The SMILES string of the molecule is CCc1c(-c2ccc(O)cc2)nn(CC(=O)c2ccc(Cl)c(Cl)c2)c1-c1ccc(O)cc1. The number of aromatic hydroxyl groups is 2. The lowest BCUT2D eigenvalue weighted by Crippen LogP contribution is -2.13. The van der Waals surface area contributed by atoms with Crippen LogP contribution in [0.15, 0.2) is 66.7 Å². The Balaban J connectivity index is 1.84. The van der Waals surface area contributed by atoms with E-state index in [1.807, 2.05) is 6.92 Å². The molecule has 0 aliphatic heterocycles. The summed E-state index contributed by atoms with van der Waals surface area (Å²) in [5.41, 5.74) is 4.60. The van der Waals surface area contributed by atoms with E-state index in [9.17, 15) is 15.0 Å². The molecule has 4 rings (SSSR count). The third kappa shape index (κ3) is 4.35. The van der Waals surface area contributed by atoms with E-state index in [1.54, 1.807) is 71.4 Å². The van der Waals surface area contributed by atoms with E-state index < -0.39 is 0 Å². The number of carbonyl (C=O) groups is 1. The molecule has 5 nitrogen and oxygen atoms in total. The molecule has 162 valence electrons. The highest BCUT2D eigenvalue weighted by molar-refractivity contribution is 6.42. The Bertz CT molecular complexity index is 1280. The van der Waals surface area contributed by atoms with Gasteiger partial charge in [-0.05, 0) is 73.2 Å². The minimum Gasteiger partial charge on any atom is -0.508 e. The molecular weight excluding hydrogens is 447 g/mol. The maximum atomic E-state index is 13.1. The summed E-state index contributed by atoms with van der Waals surface area (Å²) < 4.78 is 1.68. The first-order valence-corrected chi connectivity index (χ1v) is 10.8. The molecule has 0 atom stereocenters. The molecule has 0 amide bonds. The second kappa shape index (κ2) is 9.07. The summed E-state index contributed by atoms with van der Waals surface area (Å²) >= 11 is 12.1. The molecular formula is C25H20Cl2N2O3. The van der Waals surface area contributed by atoms with Crippen LogP contribution in [0, 0.1) is 0 Å². The molecule has 0 unspecified atom stereocenters. The van der Waals surface area contributed by atoms with Crippen LogP contribution in [-0.2, 0) is 13.0 Å². The van der Waals surface area contributed by atoms with E-state index in [0.717, 1.165) is 28.1 Å². The van der Waals surface area contributed by atoms with Crippen molar-refractivity contribution in [3.8, 4) is 34.0 Å². The molecule has 1 heterocycles. The van der Waals surface area contributed by atoms with Gasteiger partial charge in [0.1, 0.15) is 18.0 Å². The van der Waals surface area contributed by atoms with Crippen molar-refractivity contribution >= 4 is 29.0 Å². The third-order valence-corrected chi connectivity index (χ3v) is 5.96. The molecule has 4 aromatic rings. The van der Waals surface area contributed by atoms with Crippen LogP contribution in [-0.4, -0.2) is 25.8 Å². The standard InChI is InChI=1S/C25H20Cl2N2O3/c1-2-20-24(15-3-8-18(30)9-4-15)28-29(25(20)16-5-10-19(31)11-6-16)14-23(32)17-7-12-21(26)22(27)13-17/h3-13,30-31H,2,14H2,1H3. The number of rotatable bonds is 6. The lowest BCUT2D eigenvalue weighted by atomic mass is 9.99. The van der Waals surface area contributed by atoms with E-state index in [1.165, 1.54) is 0 Å². The summed E-state index contributed by atoms with van der Waals surface area (Å²) in [6, 6.07) is 18.4. The maximum Gasteiger partial charge on any atom is 0.184 e. The lowest BCUT2D eigenvalue weighted by molar-refractivity contribution is 0.0968. The Morgan fingerprint density at radius 2 is 1.47 bits per heavy atom. The first-order valence-electron chi connectivity index (χ1n) is 10.0. The third-order valence-electron chi connectivity index (χ3n) is 5.22. The monoisotopic (exact) mass is 466 g/mol. The zero-order valence-corrected chi connectivity index (χ0v) is 18.7. The summed E-state index contributed by atoms with van der Waals surface area (Å²) in [6.45, 7) is 2.02. The van der Waals surface area contributed by atoms with Crippen LogP contribution in [0.3, 0.4) is 0 Å². The fourth-order valence-corrected chi connectivity index (χ4v) is 3.94. The number of carbonyl (C=O) groups excluding carboxylic acids is 1. The van der Waals surface area contributed by atoms with E-state index in [0.29, 0.717) is 22.0 Å². The van der Waals surface area contributed by atoms with Gasteiger partial charge in [-0.2, -0.15) is 5.10 Å². The molecule has 0 bridgehead atoms. The lowest BCUT2D eigenvalue weighted by Gasteiger charge is -2.10. The number of halogens is 2. The molecule has 0 saturated heterocycles. The van der Waals surface area contributed by atoms with Gasteiger partial charge in [0.15, 0.2) is 5.78 Å². The van der Waals surface area contributed by atoms with E-state index in [2.05, 4.69) is 0 Å². The van der Waals surface area contributed by atoms with Crippen molar-refractivity contribution in [3.63, 3.8) is 0 Å². The van der Waals surface area contributed by atoms with Crippen LogP contribution in [0.25, 0.3) is 22.5 Å². The largest absolute Gasteiger partial charge is 0.508 e. The van der Waals surface area contributed by atoms with Crippen molar-refractivity contribution in [2.24, 2.45) is 0 Å². The smallest absolute Gasteiger partial charge is 0.184 e. The highest BCUT2D eigenvalue weighted by atomic mass is 35.5. The van der Waals surface area contributed by atoms with Crippen LogP contribution >= 0.6 is 23.2 Å². The molecule has 0 aliphatic rings. The van der Waals surface area contributed by atoms with Crippen molar-refractivity contribution in [2.45, 2.75) is 19.9 Å². The molecule has 0 saturated carbocycles. The average molecular weight is 467 g/mol. The minimum atomic E-state index is -0.161. The van der Waals surface area contributed by atoms with Gasteiger partial charge in [0.25, 0.3) is 0 Å². The van der Waals surface area contributed by atoms with Crippen LogP contribution in [0.1, 0.15) is 22.8 Å². The first kappa shape index (κ1) is 21.9. The Kier molecular flexibility index (Phi) is 6.21. The molecule has 0 aliphatic carbocycles. The minimum absolute atomic E-state index is 0.000739. The summed E-state index contributed by atoms with van der Waals surface area (Å²) in [7, 11) is 0. The van der Waals surface area contributed by atoms with Gasteiger partial charge in [0.05, 0.1) is 21.4 Å². The molecule has 0 fully saturated rings. The van der Waals surface area contributed by atoms with Gasteiger partial charge in [-0.15, -0.1) is 0 Å². The summed E-state index contributed by atoms with van der Waals surface area (Å²) in [4.78, 5) is 13.1. The van der Waals surface area contributed by atoms with Gasteiger partial charge < -0.3 is 10.2 Å². The average Bonchev–Trinajstić information content (AvgIpc) is 3.14. The Morgan fingerprint density at radius 3 is 2.03 bits per heavy atom. The molecule has 3 aromatic carbocycles. The number of nitrogens with zero attached hydrogens (tertiary/aromatic N) is 2. The van der Waals surface area contributed by atoms with E-state index in [-0.39, 0.29) is 23.8 Å². The Labute approximate surface area is 195 Å². The predicted octanol–water partition coefficient (Wildman–Crippen LogP) is 6.38. The maximum absolute atomic E-state index is 13.1. The number of ketones is 1. The van der Waals surface area contributed by atoms with Gasteiger partial charge in [0.2, 0.25) is 0 Å². The molecule has 2 N–H and O–H groups in total. The number of phenols is 2. The van der Waals surface area contributed by atoms with Crippen LogP contribution in [0.4, 0.5) is 0 Å². The Morgan fingerprint density at radius 1 is 0.875 bits per heavy atom. The molecule has 0 radical (unpaired) electrons. The topological polar surface area (TPSA) is 75.4 Å². The van der Waals surface area contributed by atoms with Crippen LogP contribution < -0.4 is 0 Å². The van der Waals surface area contributed by atoms with Crippen molar-refractivity contribution < 1.29 is 15.0 Å². The second-order valence-electron chi connectivity index (χ2n) is 7.33. The zero-order valence-electron chi connectivity index (χ0n) is 17.2. The van der Waals surface area contributed by atoms with Crippen molar-refractivity contribution in [1.29, 1.82) is 0 Å². The normalized spacial score (nSPS) is 11.0. The van der Waals surface area contributed by atoms with E-state index in [4.69, 9.17) is 28.3 Å². The number of hydrogen-bond acceptors (Lipinski definition) is 4. The van der Waals surface area contributed by atoms with Crippen molar-refractivity contribution in [2.75, 3.05) is 0 Å². The van der Waals surface area contributed by atoms with E-state index >= 15 is 0 Å². The fourth-order valence-electron chi connectivity index (χ4n) is 3.64. The van der Waals surface area contributed by atoms with Crippen molar-refractivity contribution in [1.82, 2.24) is 9.78 Å². The van der Waals surface area contributed by atoms with Crippen molar-refractivity contribution in [3.05, 3.63) is 87.9 Å². The molecule has 7 heteroatoms. The zero-order chi connectivity index (χ0) is 22.8. The number of benzene rings is 3. The number of hydrogen-bond donors (Lipinski definition) is 2. The number of Topliss-reactive ketones (excluding diaryl/α,β-unsaturated/α-hetero) is 1. The summed E-state index contributed by atoms with van der Waals surface area (Å²) in [5.74, 6) is 0.161. The number of phenolic OH excluding ortho intramolecular Hbond substituents is 2. The molecule has 32 heavy (non-hydrogen) atoms.